The van der Waals surface area contributed by atoms with Crippen LogP contribution in [0.1, 0.15) is 40.2 Å². The van der Waals surface area contributed by atoms with Crippen molar-refractivity contribution >= 4 is 18.0 Å². The molecule has 0 aromatic heterocycles. The molecule has 2 saturated heterocycles. The van der Waals surface area contributed by atoms with E-state index in [4.69, 9.17) is 4.74 Å². The Morgan fingerprint density at radius 3 is 2.45 bits per heavy atom. The topological polar surface area (TPSA) is 87.2 Å². The maximum absolute atomic E-state index is 13.7. The molecule has 31 heavy (non-hydrogen) atoms. The van der Waals surface area contributed by atoms with Gasteiger partial charge in [0.05, 0.1) is 18.1 Å². The van der Waals surface area contributed by atoms with E-state index >= 15 is 0 Å². The number of carbonyl (C=O) groups is 3. The Morgan fingerprint density at radius 1 is 1.10 bits per heavy atom. The molecule has 7 nitrogen and oxygen atoms in total. The number of likely N-dealkylation sites (tertiary alicyclic amines) is 2. The number of nitrogens with zero attached hydrogens (tertiary/aromatic N) is 2. The van der Waals surface area contributed by atoms with Crippen molar-refractivity contribution in [3.05, 3.63) is 71.3 Å². The Balaban J connectivity index is 1.62. The quantitative estimate of drug-likeness (QED) is 0.764. The minimum atomic E-state index is -0.937. The van der Waals surface area contributed by atoms with Gasteiger partial charge in [-0.3, -0.25) is 4.79 Å². The molecule has 1 N–H and O–H groups in total. The highest BCUT2D eigenvalue weighted by molar-refractivity contribution is 5.90. The summed E-state index contributed by atoms with van der Waals surface area (Å²) in [5.41, 5.74) is 1.82. The molecule has 2 fully saturated rings. The molecule has 2 amide bonds. The zero-order valence-corrected chi connectivity index (χ0v) is 17.5. The first-order valence-electron chi connectivity index (χ1n) is 10.4. The summed E-state index contributed by atoms with van der Waals surface area (Å²) in [6.07, 6.45) is 0.0836. The highest BCUT2D eigenvalue weighted by Crippen LogP contribution is 2.51. The average Bonchev–Trinajstić information content (AvgIpc) is 3.05. The van der Waals surface area contributed by atoms with Crippen molar-refractivity contribution in [2.45, 2.75) is 25.3 Å². The van der Waals surface area contributed by atoms with Crippen LogP contribution in [0.5, 0.6) is 0 Å². The number of carboxylic acid groups (broad SMARTS) is 1. The van der Waals surface area contributed by atoms with E-state index in [0.717, 1.165) is 11.1 Å². The molecule has 1 unspecified atom stereocenters. The second-order valence-electron chi connectivity index (χ2n) is 8.27. The highest BCUT2D eigenvalue weighted by Gasteiger charge is 2.55. The second kappa shape index (κ2) is 8.41. The summed E-state index contributed by atoms with van der Waals surface area (Å²) in [6.45, 7) is 1.68. The molecule has 2 aliphatic heterocycles. The number of hydrogen-bond donors (Lipinski definition) is 1. The number of piperidine rings is 1. The summed E-state index contributed by atoms with van der Waals surface area (Å²) in [5, 5.41) is 9.35. The van der Waals surface area contributed by atoms with Gasteiger partial charge >= 0.3 is 12.1 Å². The predicted octanol–water partition coefficient (Wildman–Crippen LogP) is 3.36. The van der Waals surface area contributed by atoms with Gasteiger partial charge in [0.15, 0.2) is 0 Å². The molecule has 7 heteroatoms. The molecule has 0 radical (unpaired) electrons. The van der Waals surface area contributed by atoms with Crippen molar-refractivity contribution in [1.82, 2.24) is 9.80 Å². The number of amides is 2. The molecule has 2 aromatic carbocycles. The van der Waals surface area contributed by atoms with E-state index in [0.29, 0.717) is 44.6 Å². The number of rotatable bonds is 4. The van der Waals surface area contributed by atoms with Gasteiger partial charge in [-0.05, 0) is 36.1 Å². The molecule has 0 saturated carbocycles. The molecular weight excluding hydrogens is 396 g/mol. The lowest BCUT2D eigenvalue weighted by molar-refractivity contribution is -0.139. The molecule has 1 atom stereocenters. The van der Waals surface area contributed by atoms with Gasteiger partial charge in [0, 0.05) is 32.1 Å². The fourth-order valence-corrected chi connectivity index (χ4v) is 4.98. The van der Waals surface area contributed by atoms with Crippen LogP contribution < -0.4 is 0 Å². The van der Waals surface area contributed by atoms with Crippen LogP contribution >= 0.6 is 0 Å². The van der Waals surface area contributed by atoms with E-state index in [9.17, 15) is 19.5 Å². The van der Waals surface area contributed by atoms with Crippen LogP contribution in [0.2, 0.25) is 0 Å². The Hall–Kier alpha value is -3.35. The van der Waals surface area contributed by atoms with Crippen LogP contribution in [-0.2, 0) is 16.1 Å². The van der Waals surface area contributed by atoms with E-state index in [1.807, 2.05) is 41.3 Å². The summed E-state index contributed by atoms with van der Waals surface area (Å²) in [4.78, 5) is 40.2. The predicted molar refractivity (Wildman–Crippen MR) is 114 cm³/mol. The van der Waals surface area contributed by atoms with E-state index in [2.05, 4.69) is 0 Å². The number of hydrogen-bond acceptors (Lipinski definition) is 4. The first-order valence-corrected chi connectivity index (χ1v) is 10.4. The second-order valence-corrected chi connectivity index (χ2v) is 8.27. The Labute approximate surface area is 181 Å². The SMILES string of the molecule is COC(=O)c1cccc(CN2CC(c3ccccc3)C3(CCN(C(=O)O)CC3)C2=O)c1. The van der Waals surface area contributed by atoms with Crippen LogP contribution in [0.15, 0.2) is 54.6 Å². The fourth-order valence-electron chi connectivity index (χ4n) is 4.98. The molecule has 4 rings (SSSR count). The Kier molecular flexibility index (Phi) is 5.67. The number of esters is 1. The van der Waals surface area contributed by atoms with Crippen molar-refractivity contribution in [3.8, 4) is 0 Å². The molecule has 0 aliphatic carbocycles. The van der Waals surface area contributed by atoms with Gasteiger partial charge in [-0.2, -0.15) is 0 Å². The van der Waals surface area contributed by atoms with E-state index in [1.165, 1.54) is 12.0 Å². The van der Waals surface area contributed by atoms with Crippen LogP contribution in [0.4, 0.5) is 4.79 Å². The zero-order chi connectivity index (χ0) is 22.0. The van der Waals surface area contributed by atoms with Crippen molar-refractivity contribution in [2.75, 3.05) is 26.7 Å². The lowest BCUT2D eigenvalue weighted by Crippen LogP contribution is -2.47. The highest BCUT2D eigenvalue weighted by atomic mass is 16.5. The number of benzene rings is 2. The van der Waals surface area contributed by atoms with E-state index in [1.54, 1.807) is 18.2 Å². The fraction of sp³-hybridized carbons (Fsp3) is 0.375. The smallest absolute Gasteiger partial charge is 0.407 e. The van der Waals surface area contributed by atoms with Crippen molar-refractivity contribution in [3.63, 3.8) is 0 Å². The molecule has 2 heterocycles. The van der Waals surface area contributed by atoms with Crippen LogP contribution in [-0.4, -0.2) is 59.6 Å². The van der Waals surface area contributed by atoms with Crippen molar-refractivity contribution < 1.29 is 24.2 Å². The van der Waals surface area contributed by atoms with Crippen LogP contribution in [0, 0.1) is 5.41 Å². The van der Waals surface area contributed by atoms with Crippen LogP contribution in [0.25, 0.3) is 0 Å². The third kappa shape index (κ3) is 3.87. The molecular formula is C24H26N2O5. The summed E-state index contributed by atoms with van der Waals surface area (Å²) < 4.78 is 4.80. The summed E-state index contributed by atoms with van der Waals surface area (Å²) in [7, 11) is 1.34. The number of methoxy groups -OCH3 is 1. The third-order valence-electron chi connectivity index (χ3n) is 6.63. The number of ether oxygens (including phenoxy) is 1. The van der Waals surface area contributed by atoms with E-state index in [-0.39, 0.29) is 11.8 Å². The molecule has 162 valence electrons. The molecule has 0 bridgehead atoms. The lowest BCUT2D eigenvalue weighted by atomic mass is 9.68. The summed E-state index contributed by atoms with van der Waals surface area (Å²) >= 11 is 0. The van der Waals surface area contributed by atoms with Crippen LogP contribution in [0.3, 0.4) is 0 Å². The first kappa shape index (κ1) is 20.9. The van der Waals surface area contributed by atoms with Crippen molar-refractivity contribution in [2.24, 2.45) is 5.41 Å². The van der Waals surface area contributed by atoms with Crippen molar-refractivity contribution in [1.29, 1.82) is 0 Å². The summed E-state index contributed by atoms with van der Waals surface area (Å²) in [5.74, 6) is -0.343. The third-order valence-corrected chi connectivity index (χ3v) is 6.63. The van der Waals surface area contributed by atoms with Gasteiger partial charge in [-0.1, -0.05) is 42.5 Å². The first-order chi connectivity index (χ1) is 14.9. The van der Waals surface area contributed by atoms with Gasteiger partial charge in [-0.15, -0.1) is 0 Å². The largest absolute Gasteiger partial charge is 0.465 e. The number of carbonyl (C=O) groups excluding carboxylic acids is 2. The molecule has 1 spiro atoms. The maximum atomic E-state index is 13.7. The standard InChI is InChI=1S/C24H26N2O5/c1-31-21(27)19-9-5-6-17(14-19)15-26-16-20(18-7-3-2-4-8-18)24(22(26)28)10-12-25(13-11-24)23(29)30/h2-9,14,20H,10-13,15-16H2,1H3,(H,29,30). The van der Waals surface area contributed by atoms with Gasteiger partial charge in [-0.25, -0.2) is 9.59 Å². The van der Waals surface area contributed by atoms with Gasteiger partial charge in [0.25, 0.3) is 0 Å². The normalized spacial score (nSPS) is 20.2. The van der Waals surface area contributed by atoms with E-state index < -0.39 is 17.5 Å². The lowest BCUT2D eigenvalue weighted by Gasteiger charge is -2.40. The zero-order valence-electron chi connectivity index (χ0n) is 17.5. The molecule has 2 aliphatic rings. The Bertz CT molecular complexity index is 982. The molecule has 2 aromatic rings. The summed E-state index contributed by atoms with van der Waals surface area (Å²) in [6, 6.07) is 17.1. The average molecular weight is 422 g/mol. The minimum absolute atomic E-state index is 0.000865. The van der Waals surface area contributed by atoms with Gasteiger partial charge in [0.1, 0.15) is 0 Å². The monoisotopic (exact) mass is 422 g/mol. The van der Waals surface area contributed by atoms with Gasteiger partial charge in [0.2, 0.25) is 5.91 Å². The maximum Gasteiger partial charge on any atom is 0.407 e. The van der Waals surface area contributed by atoms with Gasteiger partial charge < -0.3 is 19.6 Å². The Morgan fingerprint density at radius 2 is 1.81 bits per heavy atom. The minimum Gasteiger partial charge on any atom is -0.465 e.